The van der Waals surface area contributed by atoms with Crippen molar-refractivity contribution in [3.63, 3.8) is 0 Å². The molecule has 1 aliphatic heterocycles. The highest BCUT2D eigenvalue weighted by molar-refractivity contribution is 7.16. The molecular weight excluding hydrogens is 490 g/mol. The maximum absolute atomic E-state index is 13.0. The van der Waals surface area contributed by atoms with Crippen molar-refractivity contribution in [2.24, 2.45) is 0 Å². The molecule has 1 saturated heterocycles. The second-order valence-corrected chi connectivity index (χ2v) is 9.90. The molecule has 9 nitrogen and oxygen atoms in total. The third-order valence-electron chi connectivity index (χ3n) is 5.80. The summed E-state index contributed by atoms with van der Waals surface area (Å²) >= 11 is 7.50. The molecule has 5 heterocycles. The van der Waals surface area contributed by atoms with Crippen LogP contribution in [0.2, 0.25) is 4.34 Å². The van der Waals surface area contributed by atoms with E-state index in [1.165, 1.54) is 28.5 Å². The Bertz CT molecular complexity index is 1350. The standard InChI is InChI=1S/C24H24ClN5O4S/c25-21-2-1-19(35-21)15-26-22-14-20(27-30(22)24(32)18-4-10-34-16-18)17-3-5-29(23(31)13-17)7-6-28-8-11-33-12-9-28/h1-5,10,13-14,16,26H,6-9,11-12,15H2. The number of rotatable bonds is 8. The highest BCUT2D eigenvalue weighted by atomic mass is 35.5. The molecule has 0 unspecified atom stereocenters. The van der Waals surface area contributed by atoms with Gasteiger partial charge in [0.05, 0.1) is 41.6 Å². The maximum Gasteiger partial charge on any atom is 0.283 e. The van der Waals surface area contributed by atoms with Crippen LogP contribution in [0.3, 0.4) is 0 Å². The van der Waals surface area contributed by atoms with Gasteiger partial charge in [-0.15, -0.1) is 11.3 Å². The zero-order valence-corrected chi connectivity index (χ0v) is 20.4. The average Bonchev–Trinajstić information content (AvgIpc) is 3.63. The van der Waals surface area contributed by atoms with E-state index in [0.717, 1.165) is 37.7 Å². The number of nitrogens with zero attached hydrogens (tertiary/aromatic N) is 4. The minimum absolute atomic E-state index is 0.116. The van der Waals surface area contributed by atoms with E-state index in [4.69, 9.17) is 20.8 Å². The van der Waals surface area contributed by atoms with Crippen LogP contribution in [-0.2, 0) is 17.8 Å². The summed E-state index contributed by atoms with van der Waals surface area (Å²) in [6, 6.07) is 10.5. The van der Waals surface area contributed by atoms with Crippen LogP contribution < -0.4 is 10.9 Å². The molecule has 0 bridgehead atoms. The van der Waals surface area contributed by atoms with Gasteiger partial charge >= 0.3 is 0 Å². The molecule has 5 rings (SSSR count). The smallest absolute Gasteiger partial charge is 0.283 e. The number of aromatic nitrogens is 3. The topological polar surface area (TPSA) is 94.5 Å². The lowest BCUT2D eigenvalue weighted by atomic mass is 10.2. The van der Waals surface area contributed by atoms with Crippen molar-refractivity contribution in [1.82, 2.24) is 19.2 Å². The summed E-state index contributed by atoms with van der Waals surface area (Å²) < 4.78 is 14.1. The lowest BCUT2D eigenvalue weighted by molar-refractivity contribution is 0.0363. The minimum Gasteiger partial charge on any atom is -0.472 e. The van der Waals surface area contributed by atoms with Gasteiger partial charge in [-0.3, -0.25) is 14.5 Å². The lowest BCUT2D eigenvalue weighted by Gasteiger charge is -2.26. The molecule has 0 spiro atoms. The minimum atomic E-state index is -0.337. The summed E-state index contributed by atoms with van der Waals surface area (Å²) in [4.78, 5) is 29.1. The summed E-state index contributed by atoms with van der Waals surface area (Å²) in [5, 5.41) is 7.77. The van der Waals surface area contributed by atoms with Gasteiger partial charge < -0.3 is 19.0 Å². The van der Waals surface area contributed by atoms with Gasteiger partial charge in [-0.2, -0.15) is 9.78 Å². The summed E-state index contributed by atoms with van der Waals surface area (Å²) in [5.41, 5.74) is 1.42. The van der Waals surface area contributed by atoms with Crippen LogP contribution >= 0.6 is 22.9 Å². The van der Waals surface area contributed by atoms with Crippen molar-refractivity contribution < 1.29 is 13.9 Å². The summed E-state index contributed by atoms with van der Waals surface area (Å²) in [7, 11) is 0. The Kier molecular flexibility index (Phi) is 7.14. The quantitative estimate of drug-likeness (QED) is 0.384. The molecule has 0 atom stereocenters. The van der Waals surface area contributed by atoms with Crippen molar-refractivity contribution in [3.8, 4) is 11.3 Å². The molecule has 4 aromatic heterocycles. The number of pyridine rings is 1. The summed E-state index contributed by atoms with van der Waals surface area (Å²) in [6.45, 7) is 5.07. The van der Waals surface area contributed by atoms with Gasteiger partial charge in [-0.1, -0.05) is 11.6 Å². The molecule has 0 aromatic carbocycles. The normalized spacial score (nSPS) is 14.3. The largest absolute Gasteiger partial charge is 0.472 e. The average molecular weight is 514 g/mol. The molecule has 0 radical (unpaired) electrons. The Morgan fingerprint density at radius 3 is 2.71 bits per heavy atom. The number of carbonyl (C=O) groups excluding carboxylic acids is 1. The van der Waals surface area contributed by atoms with E-state index < -0.39 is 0 Å². The van der Waals surface area contributed by atoms with Gasteiger partial charge in [0.1, 0.15) is 12.1 Å². The SMILES string of the molecule is O=C(c1ccoc1)n1nc(-c2ccn(CCN3CCOCC3)c(=O)c2)cc1NCc1ccc(Cl)s1. The fraction of sp³-hybridized carbons (Fsp3) is 0.292. The van der Waals surface area contributed by atoms with Crippen LogP contribution in [0.5, 0.6) is 0 Å². The third kappa shape index (κ3) is 5.57. The Morgan fingerprint density at radius 2 is 2.00 bits per heavy atom. The van der Waals surface area contributed by atoms with Gasteiger partial charge in [0.15, 0.2) is 0 Å². The molecule has 35 heavy (non-hydrogen) atoms. The first-order valence-electron chi connectivity index (χ1n) is 11.2. The zero-order chi connectivity index (χ0) is 24.2. The van der Waals surface area contributed by atoms with Gasteiger partial charge in [0.2, 0.25) is 0 Å². The van der Waals surface area contributed by atoms with Crippen LogP contribution in [0.1, 0.15) is 15.2 Å². The van der Waals surface area contributed by atoms with Gasteiger partial charge in [-0.05, 0) is 24.3 Å². The first-order valence-corrected chi connectivity index (χ1v) is 12.4. The van der Waals surface area contributed by atoms with E-state index in [0.29, 0.717) is 40.1 Å². The van der Waals surface area contributed by atoms with E-state index in [1.807, 2.05) is 18.2 Å². The predicted octanol–water partition coefficient (Wildman–Crippen LogP) is 3.65. The van der Waals surface area contributed by atoms with Gasteiger partial charge in [-0.25, -0.2) is 0 Å². The third-order valence-corrected chi connectivity index (χ3v) is 7.03. The highest BCUT2D eigenvalue weighted by Crippen LogP contribution is 2.25. The predicted molar refractivity (Wildman–Crippen MR) is 134 cm³/mol. The number of furan rings is 1. The van der Waals surface area contributed by atoms with Crippen LogP contribution in [0.15, 0.2) is 64.3 Å². The monoisotopic (exact) mass is 513 g/mol. The summed E-state index contributed by atoms with van der Waals surface area (Å²) in [6.07, 6.45) is 4.59. The number of morpholine rings is 1. The van der Waals surface area contributed by atoms with Crippen LogP contribution in [0, 0.1) is 0 Å². The number of carbonyl (C=O) groups is 1. The molecule has 11 heteroatoms. The lowest BCUT2D eigenvalue weighted by Crippen LogP contribution is -2.39. The molecule has 4 aromatic rings. The summed E-state index contributed by atoms with van der Waals surface area (Å²) in [5.74, 6) is 0.169. The number of nitrogens with one attached hydrogen (secondary N) is 1. The molecule has 0 saturated carbocycles. The number of halogens is 1. The first kappa shape index (κ1) is 23.6. The molecule has 0 aliphatic carbocycles. The Balaban J connectivity index is 1.37. The van der Waals surface area contributed by atoms with Crippen LogP contribution in [0.4, 0.5) is 5.82 Å². The van der Waals surface area contributed by atoms with Gasteiger partial charge in [0, 0.05) is 54.9 Å². The Labute approximate surface area is 210 Å². The van der Waals surface area contributed by atoms with Crippen molar-refractivity contribution >= 4 is 34.7 Å². The number of ether oxygens (including phenoxy) is 1. The fourth-order valence-electron chi connectivity index (χ4n) is 3.86. The maximum atomic E-state index is 13.0. The van der Waals surface area contributed by atoms with E-state index in [1.54, 1.807) is 29.0 Å². The van der Waals surface area contributed by atoms with Crippen molar-refractivity contribution in [3.05, 3.63) is 80.3 Å². The van der Waals surface area contributed by atoms with E-state index >= 15 is 0 Å². The number of hydrogen-bond donors (Lipinski definition) is 1. The molecular formula is C24H24ClN5O4S. The number of anilines is 1. The van der Waals surface area contributed by atoms with Crippen molar-refractivity contribution in [1.29, 1.82) is 0 Å². The molecule has 0 amide bonds. The number of hydrogen-bond acceptors (Lipinski definition) is 8. The first-order chi connectivity index (χ1) is 17.1. The van der Waals surface area contributed by atoms with Gasteiger partial charge in [0.25, 0.3) is 11.5 Å². The van der Waals surface area contributed by atoms with Crippen molar-refractivity contribution in [2.45, 2.75) is 13.1 Å². The Morgan fingerprint density at radius 1 is 1.14 bits per heavy atom. The molecule has 182 valence electrons. The van der Waals surface area contributed by atoms with E-state index in [-0.39, 0.29) is 11.5 Å². The Hall–Kier alpha value is -3.18. The van der Waals surface area contributed by atoms with E-state index in [9.17, 15) is 9.59 Å². The van der Waals surface area contributed by atoms with Crippen LogP contribution in [-0.4, -0.2) is 58.0 Å². The molecule has 1 aliphatic rings. The highest BCUT2D eigenvalue weighted by Gasteiger charge is 2.19. The zero-order valence-electron chi connectivity index (χ0n) is 18.9. The van der Waals surface area contributed by atoms with Crippen LogP contribution in [0.25, 0.3) is 11.3 Å². The molecule has 1 N–H and O–H groups in total. The fourth-order valence-corrected chi connectivity index (χ4v) is 4.89. The second-order valence-electron chi connectivity index (χ2n) is 8.10. The van der Waals surface area contributed by atoms with E-state index in [2.05, 4.69) is 15.3 Å². The molecule has 1 fully saturated rings. The number of thiophene rings is 1. The van der Waals surface area contributed by atoms with Crippen molar-refractivity contribution in [2.75, 3.05) is 38.2 Å². The second kappa shape index (κ2) is 10.6.